The number of carbonyl (C=O) groups is 1. The fourth-order valence-corrected chi connectivity index (χ4v) is 1.73. The predicted octanol–water partition coefficient (Wildman–Crippen LogP) is 2.23. The molecule has 0 fully saturated rings. The number of halogens is 1. The molecule has 5 nitrogen and oxygen atoms in total. The van der Waals surface area contributed by atoms with Gasteiger partial charge in [0.1, 0.15) is 5.38 Å². The van der Waals surface area contributed by atoms with Gasteiger partial charge in [0.25, 0.3) is 5.69 Å². The number of nitro benzene ring substituents is 1. The van der Waals surface area contributed by atoms with Crippen molar-refractivity contribution in [3.05, 3.63) is 39.4 Å². The van der Waals surface area contributed by atoms with Crippen molar-refractivity contribution in [2.24, 2.45) is 0 Å². The number of rotatable bonds is 4. The average Bonchev–Trinajstić information content (AvgIpc) is 2.27. The van der Waals surface area contributed by atoms with E-state index in [-0.39, 0.29) is 12.1 Å². The lowest BCUT2D eigenvalue weighted by Gasteiger charge is -2.07. The smallest absolute Gasteiger partial charge is 0.324 e. The van der Waals surface area contributed by atoms with E-state index in [4.69, 9.17) is 11.6 Å². The molecule has 0 saturated carbocycles. The third-order valence-electron chi connectivity index (χ3n) is 2.33. The van der Waals surface area contributed by atoms with E-state index in [2.05, 4.69) is 4.74 Å². The van der Waals surface area contributed by atoms with Crippen molar-refractivity contribution in [1.82, 2.24) is 0 Å². The van der Waals surface area contributed by atoms with Crippen LogP contribution in [0.3, 0.4) is 0 Å². The van der Waals surface area contributed by atoms with Crippen LogP contribution in [0.25, 0.3) is 0 Å². The summed E-state index contributed by atoms with van der Waals surface area (Å²) in [7, 11) is 1.26. The van der Waals surface area contributed by atoms with Crippen molar-refractivity contribution >= 4 is 23.3 Å². The van der Waals surface area contributed by atoms with E-state index in [1.54, 1.807) is 19.1 Å². The molecule has 17 heavy (non-hydrogen) atoms. The highest BCUT2D eigenvalue weighted by Crippen LogP contribution is 2.20. The Morgan fingerprint density at radius 2 is 2.24 bits per heavy atom. The maximum absolute atomic E-state index is 11.1. The van der Waals surface area contributed by atoms with Crippen molar-refractivity contribution < 1.29 is 14.5 Å². The molecule has 0 aliphatic carbocycles. The Hall–Kier alpha value is -1.62. The van der Waals surface area contributed by atoms with Crippen molar-refractivity contribution in [1.29, 1.82) is 0 Å². The number of nitrogens with zero attached hydrogens (tertiary/aromatic N) is 1. The Morgan fingerprint density at radius 3 is 2.71 bits per heavy atom. The summed E-state index contributed by atoms with van der Waals surface area (Å²) >= 11 is 5.81. The van der Waals surface area contributed by atoms with E-state index >= 15 is 0 Å². The Labute approximate surface area is 103 Å². The first-order valence-corrected chi connectivity index (χ1v) is 5.35. The summed E-state index contributed by atoms with van der Waals surface area (Å²) in [6, 6.07) is 4.64. The number of benzene rings is 1. The van der Waals surface area contributed by atoms with Gasteiger partial charge in [-0.1, -0.05) is 6.07 Å². The third-order valence-corrected chi connectivity index (χ3v) is 2.66. The summed E-state index contributed by atoms with van der Waals surface area (Å²) in [6.45, 7) is 1.64. The lowest BCUT2D eigenvalue weighted by molar-refractivity contribution is -0.385. The van der Waals surface area contributed by atoms with Gasteiger partial charge in [0.15, 0.2) is 0 Å². The van der Waals surface area contributed by atoms with Crippen molar-refractivity contribution in [3.63, 3.8) is 0 Å². The van der Waals surface area contributed by atoms with Gasteiger partial charge in [0.05, 0.1) is 12.0 Å². The lowest BCUT2D eigenvalue weighted by Crippen LogP contribution is -2.18. The molecular formula is C11H12ClNO4. The number of hydrogen-bond acceptors (Lipinski definition) is 4. The van der Waals surface area contributed by atoms with Crippen molar-refractivity contribution in [3.8, 4) is 0 Å². The van der Waals surface area contributed by atoms with Crippen molar-refractivity contribution in [2.75, 3.05) is 7.11 Å². The number of ether oxygens (including phenoxy) is 1. The van der Waals surface area contributed by atoms with Crippen LogP contribution in [0.5, 0.6) is 0 Å². The quantitative estimate of drug-likeness (QED) is 0.359. The summed E-state index contributed by atoms with van der Waals surface area (Å²) in [5, 5.41) is 9.84. The second-order valence-electron chi connectivity index (χ2n) is 3.57. The molecule has 1 rings (SSSR count). The van der Waals surface area contributed by atoms with Gasteiger partial charge >= 0.3 is 5.97 Å². The average molecular weight is 258 g/mol. The van der Waals surface area contributed by atoms with Gasteiger partial charge < -0.3 is 4.74 Å². The summed E-state index contributed by atoms with van der Waals surface area (Å²) in [5.41, 5.74) is 1.36. The van der Waals surface area contributed by atoms with Gasteiger partial charge in [-0.2, -0.15) is 0 Å². The first-order chi connectivity index (χ1) is 7.95. The lowest BCUT2D eigenvalue weighted by atomic mass is 10.1. The molecule has 1 aromatic carbocycles. The molecule has 92 valence electrons. The minimum Gasteiger partial charge on any atom is -0.468 e. The van der Waals surface area contributed by atoms with E-state index in [0.29, 0.717) is 5.56 Å². The van der Waals surface area contributed by atoms with Gasteiger partial charge in [-0.3, -0.25) is 14.9 Å². The molecule has 0 amide bonds. The van der Waals surface area contributed by atoms with Gasteiger partial charge in [-0.05, 0) is 25.0 Å². The Balaban J connectivity index is 2.84. The van der Waals surface area contributed by atoms with Crippen LogP contribution >= 0.6 is 11.6 Å². The standard InChI is InChI=1S/C11H12ClNO4/c1-7-5-8(3-4-10(7)13(15)16)6-9(12)11(14)17-2/h3-5,9H,6H2,1-2H3. The third kappa shape index (κ3) is 3.42. The Morgan fingerprint density at radius 1 is 1.59 bits per heavy atom. The minimum absolute atomic E-state index is 0.0536. The van der Waals surface area contributed by atoms with Crippen molar-refractivity contribution in [2.45, 2.75) is 18.7 Å². The van der Waals surface area contributed by atoms with Crippen LogP contribution in [-0.4, -0.2) is 23.4 Å². The van der Waals surface area contributed by atoms with E-state index < -0.39 is 16.3 Å². The summed E-state index contributed by atoms with van der Waals surface area (Å²) in [5.74, 6) is -0.511. The van der Waals surface area contributed by atoms with Crippen LogP contribution in [0.4, 0.5) is 5.69 Å². The largest absolute Gasteiger partial charge is 0.468 e. The number of nitro groups is 1. The monoisotopic (exact) mass is 257 g/mol. The van der Waals surface area contributed by atoms with Crippen LogP contribution in [0.2, 0.25) is 0 Å². The molecule has 0 aromatic heterocycles. The zero-order valence-electron chi connectivity index (χ0n) is 9.47. The van der Waals surface area contributed by atoms with Gasteiger partial charge in [0.2, 0.25) is 0 Å². The second kappa shape index (κ2) is 5.63. The number of hydrogen-bond donors (Lipinski definition) is 0. The normalized spacial score (nSPS) is 11.9. The molecule has 0 saturated heterocycles. The molecule has 1 atom stereocenters. The maximum atomic E-state index is 11.1. The van der Waals surface area contributed by atoms with Crippen LogP contribution in [0, 0.1) is 17.0 Å². The van der Waals surface area contributed by atoms with Gasteiger partial charge in [-0.25, -0.2) is 0 Å². The zero-order valence-corrected chi connectivity index (χ0v) is 10.2. The molecule has 0 radical (unpaired) electrons. The zero-order chi connectivity index (χ0) is 13.0. The molecule has 1 unspecified atom stereocenters. The number of esters is 1. The predicted molar refractivity (Wildman–Crippen MR) is 63.2 cm³/mol. The van der Waals surface area contributed by atoms with Crippen LogP contribution < -0.4 is 0 Å². The maximum Gasteiger partial charge on any atom is 0.324 e. The number of carbonyl (C=O) groups excluding carboxylic acids is 1. The molecular weight excluding hydrogens is 246 g/mol. The number of methoxy groups -OCH3 is 1. The summed E-state index contributed by atoms with van der Waals surface area (Å²) in [6.07, 6.45) is 0.285. The Bertz CT molecular complexity index is 447. The van der Waals surface area contributed by atoms with Crippen LogP contribution in [0.15, 0.2) is 18.2 Å². The second-order valence-corrected chi connectivity index (χ2v) is 4.10. The molecule has 0 spiro atoms. The topological polar surface area (TPSA) is 69.4 Å². The highest BCUT2D eigenvalue weighted by atomic mass is 35.5. The minimum atomic E-state index is -0.777. The molecule has 0 aliphatic rings. The molecule has 6 heteroatoms. The number of aryl methyl sites for hydroxylation is 1. The van der Waals surface area contributed by atoms with E-state index in [9.17, 15) is 14.9 Å². The van der Waals surface area contributed by atoms with Crippen LogP contribution in [-0.2, 0) is 16.0 Å². The number of alkyl halides is 1. The Kier molecular flexibility index (Phi) is 4.45. The highest BCUT2D eigenvalue weighted by Gasteiger charge is 2.17. The first kappa shape index (κ1) is 13.4. The molecule has 0 heterocycles. The SMILES string of the molecule is COC(=O)C(Cl)Cc1ccc([N+](=O)[O-])c(C)c1. The highest BCUT2D eigenvalue weighted by molar-refractivity contribution is 6.30. The molecule has 1 aromatic rings. The first-order valence-electron chi connectivity index (χ1n) is 4.91. The van der Waals surface area contributed by atoms with E-state index in [1.165, 1.54) is 13.2 Å². The fourth-order valence-electron chi connectivity index (χ4n) is 1.47. The van der Waals surface area contributed by atoms with E-state index in [1.807, 2.05) is 0 Å². The van der Waals surface area contributed by atoms with Crippen LogP contribution in [0.1, 0.15) is 11.1 Å². The summed E-state index contributed by atoms with van der Waals surface area (Å²) in [4.78, 5) is 21.3. The van der Waals surface area contributed by atoms with Gasteiger partial charge in [-0.15, -0.1) is 11.6 Å². The van der Waals surface area contributed by atoms with Gasteiger partial charge in [0, 0.05) is 11.6 Å². The molecule has 0 N–H and O–H groups in total. The molecule has 0 aliphatic heterocycles. The molecule has 0 bridgehead atoms. The summed E-state index contributed by atoms with van der Waals surface area (Å²) < 4.78 is 4.50. The van der Waals surface area contributed by atoms with E-state index in [0.717, 1.165) is 5.56 Å². The fraction of sp³-hybridized carbons (Fsp3) is 0.364.